The lowest BCUT2D eigenvalue weighted by atomic mass is 9.96. The molecule has 0 fully saturated rings. The monoisotopic (exact) mass is 199 g/mol. The predicted octanol–water partition coefficient (Wildman–Crippen LogP) is 1.18. The number of carbonyl (C=O) groups excluding carboxylic acids is 1. The molecule has 1 amide bonds. The molecule has 0 bridgehead atoms. The van der Waals surface area contributed by atoms with Gasteiger partial charge in [-0.3, -0.25) is 9.59 Å². The molecule has 0 aromatic heterocycles. The highest BCUT2D eigenvalue weighted by Gasteiger charge is 2.12. The number of carbonyl (C=O) groups is 2. The van der Waals surface area contributed by atoms with Crippen LogP contribution in [0.3, 0.4) is 0 Å². The Kier molecular flexibility index (Phi) is 4.34. The molecule has 4 nitrogen and oxygen atoms in total. The van der Waals surface area contributed by atoms with Gasteiger partial charge in [0, 0.05) is 0 Å². The van der Waals surface area contributed by atoms with Crippen molar-refractivity contribution in [1.29, 1.82) is 0 Å². The molecule has 1 atom stereocenters. The summed E-state index contributed by atoms with van der Waals surface area (Å²) < 4.78 is 0. The van der Waals surface area contributed by atoms with E-state index in [0.29, 0.717) is 0 Å². The van der Waals surface area contributed by atoms with Gasteiger partial charge in [-0.25, -0.2) is 0 Å². The van der Waals surface area contributed by atoms with E-state index >= 15 is 0 Å². The molecule has 0 aliphatic rings. The molecule has 0 heterocycles. The number of aliphatic carboxylic acids is 1. The second kappa shape index (κ2) is 4.79. The van der Waals surface area contributed by atoms with E-state index in [1.165, 1.54) is 13.0 Å². The molecule has 0 aliphatic carbocycles. The molecule has 4 heteroatoms. The van der Waals surface area contributed by atoms with Gasteiger partial charge in [-0.15, -0.1) is 0 Å². The van der Waals surface area contributed by atoms with Gasteiger partial charge < -0.3 is 10.4 Å². The van der Waals surface area contributed by atoms with Crippen LogP contribution in [-0.4, -0.2) is 23.0 Å². The van der Waals surface area contributed by atoms with E-state index in [0.717, 1.165) is 0 Å². The molecule has 80 valence electrons. The summed E-state index contributed by atoms with van der Waals surface area (Å²) in [7, 11) is 0. The topological polar surface area (TPSA) is 66.4 Å². The summed E-state index contributed by atoms with van der Waals surface area (Å²) in [6, 6.07) is -0.855. The van der Waals surface area contributed by atoms with Crippen LogP contribution >= 0.6 is 0 Å². The number of amides is 1. The Balaban J connectivity index is 4.12. The van der Waals surface area contributed by atoms with Crippen molar-refractivity contribution in [2.75, 3.05) is 0 Å². The number of carboxylic acids is 1. The SMILES string of the molecule is CC(NC(=O)/C=C/C(C)(C)C)C(=O)O. The van der Waals surface area contributed by atoms with Crippen LogP contribution in [0.2, 0.25) is 0 Å². The number of allylic oxidation sites excluding steroid dienone is 1. The van der Waals surface area contributed by atoms with E-state index in [9.17, 15) is 9.59 Å². The Morgan fingerprint density at radius 1 is 1.36 bits per heavy atom. The molecule has 2 N–H and O–H groups in total. The molecule has 0 aromatic rings. The summed E-state index contributed by atoms with van der Waals surface area (Å²) in [4.78, 5) is 21.5. The smallest absolute Gasteiger partial charge is 0.325 e. The van der Waals surface area contributed by atoms with Crippen molar-refractivity contribution in [3.05, 3.63) is 12.2 Å². The number of carboxylic acid groups (broad SMARTS) is 1. The maximum Gasteiger partial charge on any atom is 0.325 e. The lowest BCUT2D eigenvalue weighted by molar-refractivity contribution is -0.140. The minimum absolute atomic E-state index is 0.0796. The van der Waals surface area contributed by atoms with Gasteiger partial charge in [-0.2, -0.15) is 0 Å². The lowest BCUT2D eigenvalue weighted by Gasteiger charge is -2.11. The van der Waals surface area contributed by atoms with Gasteiger partial charge in [0.1, 0.15) is 6.04 Å². The fourth-order valence-electron chi connectivity index (χ4n) is 0.649. The molecule has 0 saturated carbocycles. The summed E-state index contributed by atoms with van der Waals surface area (Å²) in [5.41, 5.74) is -0.0796. The molecule has 0 aliphatic heterocycles. The van der Waals surface area contributed by atoms with E-state index < -0.39 is 12.0 Å². The maximum atomic E-state index is 11.1. The van der Waals surface area contributed by atoms with Crippen molar-refractivity contribution < 1.29 is 14.7 Å². The first kappa shape index (κ1) is 12.7. The number of hydrogen-bond acceptors (Lipinski definition) is 2. The van der Waals surface area contributed by atoms with Gasteiger partial charge in [-0.1, -0.05) is 26.8 Å². The van der Waals surface area contributed by atoms with Crippen molar-refractivity contribution in [1.82, 2.24) is 5.32 Å². The minimum Gasteiger partial charge on any atom is -0.480 e. The molecular formula is C10H17NO3. The van der Waals surface area contributed by atoms with Crippen LogP contribution in [0.1, 0.15) is 27.7 Å². The van der Waals surface area contributed by atoms with E-state index in [1.54, 1.807) is 6.08 Å². The molecule has 0 spiro atoms. The first-order valence-electron chi connectivity index (χ1n) is 4.45. The maximum absolute atomic E-state index is 11.1. The lowest BCUT2D eigenvalue weighted by Crippen LogP contribution is -2.37. The Hall–Kier alpha value is -1.32. The first-order chi connectivity index (χ1) is 6.22. The van der Waals surface area contributed by atoms with Crippen molar-refractivity contribution in [2.24, 2.45) is 5.41 Å². The summed E-state index contributed by atoms with van der Waals surface area (Å²) in [6.45, 7) is 7.29. The molecule has 0 aromatic carbocycles. The Morgan fingerprint density at radius 3 is 2.21 bits per heavy atom. The second-order valence-electron chi connectivity index (χ2n) is 4.27. The zero-order valence-electron chi connectivity index (χ0n) is 9.00. The minimum atomic E-state index is -1.04. The molecule has 0 rings (SSSR count). The van der Waals surface area contributed by atoms with Gasteiger partial charge in [0.15, 0.2) is 0 Å². The number of rotatable bonds is 3. The molecule has 1 unspecified atom stereocenters. The largest absolute Gasteiger partial charge is 0.480 e. The summed E-state index contributed by atoms with van der Waals surface area (Å²) in [5, 5.41) is 10.8. The zero-order valence-corrected chi connectivity index (χ0v) is 9.00. The van der Waals surface area contributed by atoms with Crippen molar-refractivity contribution in [3.63, 3.8) is 0 Å². The van der Waals surface area contributed by atoms with Crippen molar-refractivity contribution >= 4 is 11.9 Å². The Bertz CT molecular complexity index is 251. The molecule has 0 saturated heterocycles. The average molecular weight is 199 g/mol. The van der Waals surface area contributed by atoms with Gasteiger partial charge in [0.2, 0.25) is 5.91 Å². The Labute approximate surface area is 84.0 Å². The van der Waals surface area contributed by atoms with Gasteiger partial charge >= 0.3 is 5.97 Å². The van der Waals surface area contributed by atoms with Crippen LogP contribution in [-0.2, 0) is 9.59 Å². The van der Waals surface area contributed by atoms with Gasteiger partial charge in [0.05, 0.1) is 0 Å². The average Bonchev–Trinajstić information content (AvgIpc) is 1.99. The fraction of sp³-hybridized carbons (Fsp3) is 0.600. The number of nitrogens with one attached hydrogen (secondary N) is 1. The molecular weight excluding hydrogens is 182 g/mol. The normalized spacial score (nSPS) is 14.0. The summed E-state index contributed by atoms with van der Waals surface area (Å²) >= 11 is 0. The zero-order chi connectivity index (χ0) is 11.4. The highest BCUT2D eigenvalue weighted by molar-refractivity contribution is 5.90. The van der Waals surface area contributed by atoms with Crippen molar-refractivity contribution in [2.45, 2.75) is 33.7 Å². The van der Waals surface area contributed by atoms with E-state index in [4.69, 9.17) is 5.11 Å². The van der Waals surface area contributed by atoms with Gasteiger partial charge in [-0.05, 0) is 18.4 Å². The summed E-state index contributed by atoms with van der Waals surface area (Å²) in [5.74, 6) is -1.42. The van der Waals surface area contributed by atoms with E-state index in [1.807, 2.05) is 20.8 Å². The van der Waals surface area contributed by atoms with Crippen LogP contribution in [0.5, 0.6) is 0 Å². The molecule has 14 heavy (non-hydrogen) atoms. The van der Waals surface area contributed by atoms with Crippen LogP contribution in [0.15, 0.2) is 12.2 Å². The molecule has 0 radical (unpaired) electrons. The Morgan fingerprint density at radius 2 is 1.86 bits per heavy atom. The quantitative estimate of drug-likeness (QED) is 0.671. The van der Waals surface area contributed by atoms with Crippen LogP contribution < -0.4 is 5.32 Å². The fourth-order valence-corrected chi connectivity index (χ4v) is 0.649. The standard InChI is InChI=1S/C10H17NO3/c1-7(9(13)14)11-8(12)5-6-10(2,3)4/h5-7H,1-4H3,(H,11,12)(H,13,14)/b6-5+. The first-order valence-corrected chi connectivity index (χ1v) is 4.45. The van der Waals surface area contributed by atoms with E-state index in [-0.39, 0.29) is 11.3 Å². The highest BCUT2D eigenvalue weighted by atomic mass is 16.4. The second-order valence-corrected chi connectivity index (χ2v) is 4.27. The third-order valence-electron chi connectivity index (χ3n) is 1.46. The third kappa shape index (κ3) is 6.22. The van der Waals surface area contributed by atoms with Crippen LogP contribution in [0.4, 0.5) is 0 Å². The summed E-state index contributed by atoms with van der Waals surface area (Å²) in [6.07, 6.45) is 3.09. The van der Waals surface area contributed by atoms with Crippen molar-refractivity contribution in [3.8, 4) is 0 Å². The van der Waals surface area contributed by atoms with E-state index in [2.05, 4.69) is 5.32 Å². The highest BCUT2D eigenvalue weighted by Crippen LogP contribution is 2.13. The van der Waals surface area contributed by atoms with Crippen LogP contribution in [0, 0.1) is 5.41 Å². The van der Waals surface area contributed by atoms with Gasteiger partial charge in [0.25, 0.3) is 0 Å². The van der Waals surface area contributed by atoms with Crippen LogP contribution in [0.25, 0.3) is 0 Å². The third-order valence-corrected chi connectivity index (χ3v) is 1.46. The predicted molar refractivity (Wildman–Crippen MR) is 53.8 cm³/mol. The number of hydrogen-bond donors (Lipinski definition) is 2.